The van der Waals surface area contributed by atoms with E-state index in [0.29, 0.717) is 36.8 Å². The van der Waals surface area contributed by atoms with Crippen molar-refractivity contribution in [1.29, 1.82) is 0 Å². The SMILES string of the molecule is CCC12COC(=O)N1CCN(C(=O)c1cc(C)nc3ccc(Cl)cc13)C2. The summed E-state index contributed by atoms with van der Waals surface area (Å²) in [7, 11) is 0. The highest BCUT2D eigenvalue weighted by Crippen LogP contribution is 2.33. The van der Waals surface area contributed by atoms with Crippen molar-refractivity contribution in [2.24, 2.45) is 0 Å². The lowest BCUT2D eigenvalue weighted by Gasteiger charge is -2.44. The third-order valence-electron chi connectivity index (χ3n) is 5.41. The van der Waals surface area contributed by atoms with Gasteiger partial charge in [0.25, 0.3) is 5.91 Å². The highest BCUT2D eigenvalue weighted by atomic mass is 35.5. The van der Waals surface area contributed by atoms with Crippen molar-refractivity contribution in [1.82, 2.24) is 14.8 Å². The summed E-state index contributed by atoms with van der Waals surface area (Å²) >= 11 is 6.14. The molecule has 6 nitrogen and oxygen atoms in total. The van der Waals surface area contributed by atoms with Crippen molar-refractivity contribution in [3.05, 3.63) is 40.5 Å². The second kappa shape index (κ2) is 6.13. The number of hydrogen-bond donors (Lipinski definition) is 0. The van der Waals surface area contributed by atoms with Gasteiger partial charge in [-0.1, -0.05) is 18.5 Å². The highest BCUT2D eigenvalue weighted by Gasteiger charge is 2.50. The van der Waals surface area contributed by atoms with Gasteiger partial charge in [0.2, 0.25) is 0 Å². The molecule has 136 valence electrons. The Bertz CT molecular complexity index is 916. The molecule has 2 fully saturated rings. The number of halogens is 1. The molecule has 2 aromatic rings. The number of hydrogen-bond acceptors (Lipinski definition) is 4. The van der Waals surface area contributed by atoms with E-state index in [1.165, 1.54) is 0 Å². The van der Waals surface area contributed by atoms with E-state index in [2.05, 4.69) is 4.98 Å². The van der Waals surface area contributed by atoms with Crippen LogP contribution in [0.2, 0.25) is 5.02 Å². The Balaban J connectivity index is 1.72. The zero-order chi connectivity index (χ0) is 18.5. The highest BCUT2D eigenvalue weighted by molar-refractivity contribution is 6.31. The third kappa shape index (κ3) is 2.60. The predicted molar refractivity (Wildman–Crippen MR) is 98.5 cm³/mol. The standard InChI is InChI=1S/C19H20ClN3O3/c1-3-19-10-22(6-7-23(19)18(25)26-11-19)17(24)15-8-12(2)21-16-5-4-13(20)9-14(15)16/h4-5,8-9H,3,6-7,10-11H2,1-2H3. The summed E-state index contributed by atoms with van der Waals surface area (Å²) in [6.07, 6.45) is 0.459. The first-order chi connectivity index (χ1) is 12.4. The summed E-state index contributed by atoms with van der Waals surface area (Å²) in [4.78, 5) is 33.3. The van der Waals surface area contributed by atoms with Crippen LogP contribution in [0.25, 0.3) is 10.9 Å². The van der Waals surface area contributed by atoms with Crippen LogP contribution in [0.3, 0.4) is 0 Å². The van der Waals surface area contributed by atoms with E-state index in [4.69, 9.17) is 16.3 Å². The maximum Gasteiger partial charge on any atom is 0.410 e. The first-order valence-electron chi connectivity index (χ1n) is 8.74. The lowest BCUT2D eigenvalue weighted by Crippen LogP contribution is -2.62. The van der Waals surface area contributed by atoms with Crippen molar-refractivity contribution < 1.29 is 14.3 Å². The zero-order valence-corrected chi connectivity index (χ0v) is 15.5. The fourth-order valence-electron chi connectivity index (χ4n) is 3.92. The number of ether oxygens (including phenoxy) is 1. The van der Waals surface area contributed by atoms with E-state index in [1.807, 2.05) is 30.9 Å². The van der Waals surface area contributed by atoms with Crippen LogP contribution in [-0.4, -0.2) is 58.6 Å². The molecule has 1 unspecified atom stereocenters. The van der Waals surface area contributed by atoms with Crippen molar-refractivity contribution in [3.63, 3.8) is 0 Å². The number of cyclic esters (lactones) is 1. The molecule has 4 rings (SSSR count). The fourth-order valence-corrected chi connectivity index (χ4v) is 4.09. The number of aromatic nitrogens is 1. The van der Waals surface area contributed by atoms with Crippen LogP contribution >= 0.6 is 11.6 Å². The number of pyridine rings is 1. The predicted octanol–water partition coefficient (Wildman–Crippen LogP) is 3.25. The Labute approximate surface area is 156 Å². The zero-order valence-electron chi connectivity index (χ0n) is 14.8. The van der Waals surface area contributed by atoms with E-state index in [9.17, 15) is 9.59 Å². The van der Waals surface area contributed by atoms with Crippen LogP contribution in [-0.2, 0) is 4.74 Å². The molecule has 0 N–H and O–H groups in total. The maximum atomic E-state index is 13.3. The lowest BCUT2D eigenvalue weighted by molar-refractivity contribution is 0.0363. The van der Waals surface area contributed by atoms with E-state index >= 15 is 0 Å². The second-order valence-electron chi connectivity index (χ2n) is 6.98. The summed E-state index contributed by atoms with van der Waals surface area (Å²) in [6, 6.07) is 7.19. The van der Waals surface area contributed by atoms with Gasteiger partial charge >= 0.3 is 6.09 Å². The molecule has 0 spiro atoms. The largest absolute Gasteiger partial charge is 0.447 e. The summed E-state index contributed by atoms with van der Waals surface area (Å²) in [5.41, 5.74) is 1.70. The van der Waals surface area contributed by atoms with Gasteiger partial charge in [0.15, 0.2) is 0 Å². The number of fused-ring (bicyclic) bond motifs is 2. The van der Waals surface area contributed by atoms with Crippen LogP contribution in [0.1, 0.15) is 29.4 Å². The maximum absolute atomic E-state index is 13.3. The topological polar surface area (TPSA) is 62.7 Å². The number of carbonyl (C=O) groups excluding carboxylic acids is 2. The minimum Gasteiger partial charge on any atom is -0.447 e. The van der Waals surface area contributed by atoms with E-state index in [1.54, 1.807) is 17.0 Å². The third-order valence-corrected chi connectivity index (χ3v) is 5.65. The van der Waals surface area contributed by atoms with Crippen molar-refractivity contribution in [3.8, 4) is 0 Å². The normalized spacial score (nSPS) is 22.5. The molecule has 2 saturated heterocycles. The first kappa shape index (κ1) is 17.1. The lowest BCUT2D eigenvalue weighted by atomic mass is 9.92. The number of rotatable bonds is 2. The number of amides is 2. The molecule has 0 radical (unpaired) electrons. The van der Waals surface area contributed by atoms with Crippen molar-refractivity contribution >= 4 is 34.5 Å². The Hall–Kier alpha value is -2.34. The Morgan fingerprint density at radius 3 is 2.92 bits per heavy atom. The van der Waals surface area contributed by atoms with E-state index in [0.717, 1.165) is 23.0 Å². The fraction of sp³-hybridized carbons (Fsp3) is 0.421. The van der Waals surface area contributed by atoms with Gasteiger partial charge in [-0.25, -0.2) is 4.79 Å². The molecule has 7 heteroatoms. The van der Waals surface area contributed by atoms with Crippen molar-refractivity contribution in [2.75, 3.05) is 26.2 Å². The molecule has 2 aliphatic rings. The van der Waals surface area contributed by atoms with Crippen LogP contribution in [0.4, 0.5) is 4.79 Å². The van der Waals surface area contributed by atoms with Gasteiger partial charge in [-0.05, 0) is 37.6 Å². The van der Waals surface area contributed by atoms with Gasteiger partial charge in [-0.2, -0.15) is 0 Å². The molecule has 2 aliphatic heterocycles. The number of aryl methyl sites for hydroxylation is 1. The Morgan fingerprint density at radius 2 is 2.15 bits per heavy atom. The van der Waals surface area contributed by atoms with Gasteiger partial charge in [-0.3, -0.25) is 14.7 Å². The summed E-state index contributed by atoms with van der Waals surface area (Å²) in [6.45, 7) is 5.67. The van der Waals surface area contributed by atoms with Gasteiger partial charge in [0, 0.05) is 35.7 Å². The molecular weight excluding hydrogens is 354 g/mol. The van der Waals surface area contributed by atoms with Gasteiger partial charge in [-0.15, -0.1) is 0 Å². The molecule has 0 bridgehead atoms. The minimum atomic E-state index is -0.430. The number of benzene rings is 1. The minimum absolute atomic E-state index is 0.0606. The van der Waals surface area contributed by atoms with Gasteiger partial charge < -0.3 is 9.64 Å². The van der Waals surface area contributed by atoms with E-state index in [-0.39, 0.29) is 12.0 Å². The molecule has 1 atom stereocenters. The molecule has 1 aromatic heterocycles. The number of nitrogens with zero attached hydrogens (tertiary/aromatic N) is 3. The van der Waals surface area contributed by atoms with Gasteiger partial charge in [0.1, 0.15) is 6.61 Å². The van der Waals surface area contributed by atoms with Crippen LogP contribution in [0, 0.1) is 6.92 Å². The van der Waals surface area contributed by atoms with Gasteiger partial charge in [0.05, 0.1) is 16.6 Å². The monoisotopic (exact) mass is 373 g/mol. The first-order valence-corrected chi connectivity index (χ1v) is 9.12. The van der Waals surface area contributed by atoms with Crippen LogP contribution < -0.4 is 0 Å². The molecule has 0 saturated carbocycles. The summed E-state index contributed by atoms with van der Waals surface area (Å²) in [5.74, 6) is -0.0606. The molecule has 3 heterocycles. The smallest absolute Gasteiger partial charge is 0.410 e. The van der Waals surface area contributed by atoms with E-state index < -0.39 is 5.54 Å². The van der Waals surface area contributed by atoms with Crippen molar-refractivity contribution in [2.45, 2.75) is 25.8 Å². The molecular formula is C19H20ClN3O3. The summed E-state index contributed by atoms with van der Waals surface area (Å²) < 4.78 is 5.25. The van der Waals surface area contributed by atoms with Crippen LogP contribution in [0.15, 0.2) is 24.3 Å². The molecule has 0 aliphatic carbocycles. The second-order valence-corrected chi connectivity index (χ2v) is 7.42. The Morgan fingerprint density at radius 1 is 1.35 bits per heavy atom. The average Bonchev–Trinajstić information content (AvgIpc) is 2.97. The molecule has 2 amide bonds. The van der Waals surface area contributed by atoms with Crippen LogP contribution in [0.5, 0.6) is 0 Å². The quantitative estimate of drug-likeness (QED) is 0.810. The number of carbonyl (C=O) groups is 2. The summed E-state index contributed by atoms with van der Waals surface area (Å²) in [5, 5.41) is 1.32. The Kier molecular flexibility index (Phi) is 4.03. The molecule has 26 heavy (non-hydrogen) atoms. The average molecular weight is 374 g/mol. The number of piperazine rings is 1. The molecule has 1 aromatic carbocycles.